The van der Waals surface area contributed by atoms with Gasteiger partial charge in [0.1, 0.15) is 5.82 Å². The van der Waals surface area contributed by atoms with E-state index in [0.29, 0.717) is 18.3 Å². The van der Waals surface area contributed by atoms with Gasteiger partial charge >= 0.3 is 0 Å². The van der Waals surface area contributed by atoms with Gasteiger partial charge in [-0.15, -0.1) is 0 Å². The lowest BCUT2D eigenvalue weighted by molar-refractivity contribution is 0.548. The zero-order chi connectivity index (χ0) is 15.4. The summed E-state index contributed by atoms with van der Waals surface area (Å²) in [4.78, 5) is 8.97. The highest BCUT2D eigenvalue weighted by Crippen LogP contribution is 2.19. The fraction of sp³-hybridized carbons (Fsp3) is 0.412. The highest BCUT2D eigenvalue weighted by molar-refractivity contribution is 5.56. The van der Waals surface area contributed by atoms with Crippen molar-refractivity contribution in [3.63, 3.8) is 0 Å². The van der Waals surface area contributed by atoms with Gasteiger partial charge in [-0.3, -0.25) is 0 Å². The molecule has 0 fully saturated rings. The molecule has 21 heavy (non-hydrogen) atoms. The molecule has 3 nitrogen and oxygen atoms in total. The molecule has 0 atom stereocenters. The molecule has 112 valence electrons. The predicted octanol–water partition coefficient (Wildman–Crippen LogP) is 3.65. The number of halogens is 1. The van der Waals surface area contributed by atoms with E-state index in [1.807, 2.05) is 26.0 Å². The number of rotatable bonds is 5. The first kappa shape index (κ1) is 15.6. The Balaban J connectivity index is 2.25. The first-order chi connectivity index (χ1) is 9.94. The molecule has 0 aliphatic rings. The second kappa shape index (κ2) is 6.76. The van der Waals surface area contributed by atoms with Gasteiger partial charge in [0.15, 0.2) is 5.82 Å². The van der Waals surface area contributed by atoms with Crippen LogP contribution in [0.25, 0.3) is 11.4 Å². The maximum absolute atomic E-state index is 13.5. The van der Waals surface area contributed by atoms with E-state index in [2.05, 4.69) is 29.1 Å². The molecule has 1 aromatic heterocycles. The van der Waals surface area contributed by atoms with Gasteiger partial charge in [-0.2, -0.15) is 0 Å². The third-order valence-corrected chi connectivity index (χ3v) is 3.07. The van der Waals surface area contributed by atoms with E-state index in [9.17, 15) is 4.39 Å². The molecule has 0 saturated heterocycles. The Morgan fingerprint density at radius 3 is 2.52 bits per heavy atom. The Labute approximate surface area is 125 Å². The van der Waals surface area contributed by atoms with E-state index >= 15 is 0 Å². The van der Waals surface area contributed by atoms with Crippen molar-refractivity contribution in [3.8, 4) is 11.4 Å². The van der Waals surface area contributed by atoms with Crippen molar-refractivity contribution in [2.75, 3.05) is 6.54 Å². The SMILES string of the molecule is Cc1cc(F)cc(-c2nc(C)cc(CNCC(C)C)n2)c1. The molecule has 1 N–H and O–H groups in total. The van der Waals surface area contributed by atoms with E-state index in [4.69, 9.17) is 0 Å². The lowest BCUT2D eigenvalue weighted by Crippen LogP contribution is -2.20. The van der Waals surface area contributed by atoms with Gasteiger partial charge < -0.3 is 5.32 Å². The number of nitrogens with one attached hydrogen (secondary N) is 1. The minimum Gasteiger partial charge on any atom is -0.311 e. The van der Waals surface area contributed by atoms with Crippen molar-refractivity contribution in [2.24, 2.45) is 5.92 Å². The van der Waals surface area contributed by atoms with Crippen LogP contribution in [0, 0.1) is 25.6 Å². The summed E-state index contributed by atoms with van der Waals surface area (Å²) in [7, 11) is 0. The first-order valence-corrected chi connectivity index (χ1v) is 7.27. The summed E-state index contributed by atoms with van der Waals surface area (Å²) in [6.45, 7) is 9.77. The molecule has 1 aromatic carbocycles. The van der Waals surface area contributed by atoms with Crippen LogP contribution >= 0.6 is 0 Å². The van der Waals surface area contributed by atoms with Crippen LogP contribution < -0.4 is 5.32 Å². The zero-order valence-electron chi connectivity index (χ0n) is 13.1. The molecular weight excluding hydrogens is 265 g/mol. The summed E-state index contributed by atoms with van der Waals surface area (Å²) in [6, 6.07) is 6.85. The van der Waals surface area contributed by atoms with Crippen LogP contribution in [0.15, 0.2) is 24.3 Å². The number of hydrogen-bond donors (Lipinski definition) is 1. The smallest absolute Gasteiger partial charge is 0.159 e. The van der Waals surface area contributed by atoms with E-state index in [1.165, 1.54) is 12.1 Å². The lowest BCUT2D eigenvalue weighted by atomic mass is 10.1. The molecule has 0 unspecified atom stereocenters. The topological polar surface area (TPSA) is 37.8 Å². The van der Waals surface area contributed by atoms with Crippen molar-refractivity contribution in [1.82, 2.24) is 15.3 Å². The van der Waals surface area contributed by atoms with Crippen molar-refractivity contribution < 1.29 is 4.39 Å². The highest BCUT2D eigenvalue weighted by Gasteiger charge is 2.07. The fourth-order valence-corrected chi connectivity index (χ4v) is 2.21. The van der Waals surface area contributed by atoms with E-state index in [0.717, 1.165) is 29.1 Å². The summed E-state index contributed by atoms with van der Waals surface area (Å²) in [6.07, 6.45) is 0. The quantitative estimate of drug-likeness (QED) is 0.912. The fourth-order valence-electron chi connectivity index (χ4n) is 2.21. The van der Waals surface area contributed by atoms with Crippen LogP contribution in [-0.2, 0) is 6.54 Å². The minimum atomic E-state index is -0.255. The maximum atomic E-state index is 13.5. The van der Waals surface area contributed by atoms with Gasteiger partial charge in [0.2, 0.25) is 0 Å². The Hall–Kier alpha value is -1.81. The molecule has 0 aliphatic carbocycles. The molecule has 0 amide bonds. The van der Waals surface area contributed by atoms with Gasteiger partial charge in [-0.05, 0) is 56.1 Å². The Morgan fingerprint density at radius 2 is 1.86 bits per heavy atom. The molecular formula is C17H22FN3. The van der Waals surface area contributed by atoms with Crippen LogP contribution in [0.1, 0.15) is 30.8 Å². The second-order valence-electron chi connectivity index (χ2n) is 5.87. The third-order valence-electron chi connectivity index (χ3n) is 3.07. The summed E-state index contributed by atoms with van der Waals surface area (Å²) >= 11 is 0. The molecule has 4 heteroatoms. The van der Waals surface area contributed by atoms with Crippen LogP contribution in [0.2, 0.25) is 0 Å². The van der Waals surface area contributed by atoms with Crippen molar-refractivity contribution in [3.05, 3.63) is 47.0 Å². The third kappa shape index (κ3) is 4.60. The Morgan fingerprint density at radius 1 is 1.10 bits per heavy atom. The van der Waals surface area contributed by atoms with Gasteiger partial charge in [0.25, 0.3) is 0 Å². The number of nitrogens with zero attached hydrogens (tertiary/aromatic N) is 2. The van der Waals surface area contributed by atoms with Gasteiger partial charge in [0.05, 0.1) is 5.69 Å². The van der Waals surface area contributed by atoms with E-state index < -0.39 is 0 Å². The Kier molecular flexibility index (Phi) is 5.02. The number of aromatic nitrogens is 2. The summed E-state index contributed by atoms with van der Waals surface area (Å²) in [5.41, 5.74) is 3.42. The second-order valence-corrected chi connectivity index (χ2v) is 5.87. The molecule has 0 radical (unpaired) electrons. The molecule has 2 aromatic rings. The zero-order valence-corrected chi connectivity index (χ0v) is 13.1. The Bertz CT molecular complexity index is 603. The summed E-state index contributed by atoms with van der Waals surface area (Å²) < 4.78 is 13.5. The number of benzene rings is 1. The van der Waals surface area contributed by atoms with Crippen molar-refractivity contribution >= 4 is 0 Å². The average Bonchev–Trinajstić information content (AvgIpc) is 2.36. The van der Waals surface area contributed by atoms with Gasteiger partial charge in [-0.25, -0.2) is 14.4 Å². The van der Waals surface area contributed by atoms with Crippen LogP contribution in [-0.4, -0.2) is 16.5 Å². The minimum absolute atomic E-state index is 0.255. The molecule has 2 rings (SSSR count). The monoisotopic (exact) mass is 287 g/mol. The highest BCUT2D eigenvalue weighted by atomic mass is 19.1. The van der Waals surface area contributed by atoms with Crippen molar-refractivity contribution in [1.29, 1.82) is 0 Å². The number of hydrogen-bond acceptors (Lipinski definition) is 3. The summed E-state index contributed by atoms with van der Waals surface area (Å²) in [5.74, 6) is 0.923. The van der Waals surface area contributed by atoms with Gasteiger partial charge in [-0.1, -0.05) is 13.8 Å². The predicted molar refractivity (Wildman–Crippen MR) is 83.4 cm³/mol. The molecule has 1 heterocycles. The van der Waals surface area contributed by atoms with Crippen molar-refractivity contribution in [2.45, 2.75) is 34.2 Å². The summed E-state index contributed by atoms with van der Waals surface area (Å²) in [5, 5.41) is 3.37. The molecule has 0 spiro atoms. The largest absolute Gasteiger partial charge is 0.311 e. The average molecular weight is 287 g/mol. The molecule has 0 bridgehead atoms. The lowest BCUT2D eigenvalue weighted by Gasteiger charge is -2.09. The standard InChI is InChI=1S/C17H22FN3/c1-11(2)9-19-10-16-7-13(4)20-17(21-16)14-5-12(3)6-15(18)8-14/h5-8,11,19H,9-10H2,1-4H3. The van der Waals surface area contributed by atoms with E-state index in [-0.39, 0.29) is 5.82 Å². The van der Waals surface area contributed by atoms with E-state index in [1.54, 1.807) is 0 Å². The van der Waals surface area contributed by atoms with Crippen LogP contribution in [0.4, 0.5) is 4.39 Å². The first-order valence-electron chi connectivity index (χ1n) is 7.27. The molecule has 0 aliphatic heterocycles. The maximum Gasteiger partial charge on any atom is 0.159 e. The van der Waals surface area contributed by atoms with Crippen LogP contribution in [0.5, 0.6) is 0 Å². The van der Waals surface area contributed by atoms with Gasteiger partial charge in [0, 0.05) is 17.8 Å². The molecule has 0 saturated carbocycles. The van der Waals surface area contributed by atoms with Crippen LogP contribution in [0.3, 0.4) is 0 Å². The number of aryl methyl sites for hydroxylation is 2. The normalized spacial score (nSPS) is 11.1.